The highest BCUT2D eigenvalue weighted by atomic mass is 35.5. The van der Waals surface area contributed by atoms with Crippen LogP contribution in [-0.2, 0) is 16.1 Å². The van der Waals surface area contributed by atoms with Crippen LogP contribution in [0.1, 0.15) is 36.3 Å². The van der Waals surface area contributed by atoms with Crippen molar-refractivity contribution in [1.82, 2.24) is 4.90 Å². The maximum atomic E-state index is 12.5. The average molecular weight is 369 g/mol. The van der Waals surface area contributed by atoms with Gasteiger partial charge >= 0.3 is 0 Å². The van der Waals surface area contributed by atoms with Gasteiger partial charge in [-0.3, -0.25) is 9.59 Å². The molecule has 2 aliphatic rings. The molecule has 2 unspecified atom stereocenters. The number of hydrogen-bond acceptors (Lipinski definition) is 2. The minimum Gasteiger partial charge on any atom is -0.338 e. The van der Waals surface area contributed by atoms with Crippen molar-refractivity contribution < 1.29 is 9.59 Å². The number of carbonyl (C=O) groups is 2. The summed E-state index contributed by atoms with van der Waals surface area (Å²) in [5, 5.41) is 3.73. The van der Waals surface area contributed by atoms with Crippen molar-refractivity contribution in [3.05, 3.63) is 64.7 Å². The van der Waals surface area contributed by atoms with Gasteiger partial charge in [0.1, 0.15) is 0 Å². The van der Waals surface area contributed by atoms with Gasteiger partial charge in [0.25, 0.3) is 0 Å². The first-order valence-electron chi connectivity index (χ1n) is 9.03. The van der Waals surface area contributed by atoms with E-state index >= 15 is 0 Å². The van der Waals surface area contributed by atoms with Crippen LogP contribution in [0.15, 0.2) is 48.5 Å². The Balaban J connectivity index is 1.38. The Kier molecular flexibility index (Phi) is 4.68. The van der Waals surface area contributed by atoms with Crippen LogP contribution in [0.5, 0.6) is 0 Å². The van der Waals surface area contributed by atoms with E-state index in [0.717, 1.165) is 36.2 Å². The van der Waals surface area contributed by atoms with Crippen molar-refractivity contribution in [3.63, 3.8) is 0 Å². The first kappa shape index (κ1) is 17.1. The lowest BCUT2D eigenvalue weighted by molar-refractivity contribution is -0.128. The highest BCUT2D eigenvalue weighted by Crippen LogP contribution is 2.48. The van der Waals surface area contributed by atoms with Gasteiger partial charge in [-0.05, 0) is 54.2 Å². The third kappa shape index (κ3) is 3.75. The monoisotopic (exact) mass is 368 g/mol. The van der Waals surface area contributed by atoms with E-state index in [4.69, 9.17) is 11.6 Å². The Hall–Kier alpha value is -2.33. The quantitative estimate of drug-likeness (QED) is 0.859. The summed E-state index contributed by atoms with van der Waals surface area (Å²) in [6.07, 6.45) is 2.43. The van der Waals surface area contributed by atoms with Crippen molar-refractivity contribution in [2.24, 2.45) is 5.92 Å². The molecule has 1 N–H and O–H groups in total. The molecule has 0 bridgehead atoms. The number of rotatable bonds is 5. The number of nitrogens with one attached hydrogen (secondary N) is 1. The van der Waals surface area contributed by atoms with Crippen LogP contribution >= 0.6 is 11.6 Å². The maximum Gasteiger partial charge on any atom is 0.228 e. The lowest BCUT2D eigenvalue weighted by atomic mass is 10.1. The van der Waals surface area contributed by atoms with Crippen LogP contribution in [-0.4, -0.2) is 23.3 Å². The number of anilines is 1. The standard InChI is InChI=1S/C21H21ClN2O2/c22-16-6-2-5-15(11-16)18-12-19(18)21(26)23-17-7-1-4-14(10-17)13-24-9-3-8-20(24)25/h1-2,4-7,10-11,18-19H,3,8-9,12-13H2,(H,23,26). The molecule has 2 amide bonds. The lowest BCUT2D eigenvalue weighted by Gasteiger charge is -2.16. The van der Waals surface area contributed by atoms with Gasteiger partial charge in [0.2, 0.25) is 11.8 Å². The van der Waals surface area contributed by atoms with E-state index in [9.17, 15) is 9.59 Å². The predicted molar refractivity (Wildman–Crippen MR) is 102 cm³/mol. The maximum absolute atomic E-state index is 12.5. The second-order valence-corrected chi connectivity index (χ2v) is 7.55. The second kappa shape index (κ2) is 7.12. The number of hydrogen-bond donors (Lipinski definition) is 1. The number of amides is 2. The number of nitrogens with zero attached hydrogens (tertiary/aromatic N) is 1. The molecule has 26 heavy (non-hydrogen) atoms. The minimum atomic E-state index is -0.00252. The molecular weight excluding hydrogens is 348 g/mol. The summed E-state index contributed by atoms with van der Waals surface area (Å²) in [5.74, 6) is 0.502. The van der Waals surface area contributed by atoms with Gasteiger partial charge in [-0.15, -0.1) is 0 Å². The van der Waals surface area contributed by atoms with E-state index in [1.807, 2.05) is 53.4 Å². The summed E-state index contributed by atoms with van der Waals surface area (Å²) < 4.78 is 0. The topological polar surface area (TPSA) is 49.4 Å². The summed E-state index contributed by atoms with van der Waals surface area (Å²) in [6, 6.07) is 15.5. The van der Waals surface area contributed by atoms with Gasteiger partial charge in [0, 0.05) is 36.1 Å². The Morgan fingerprint density at radius 2 is 2.04 bits per heavy atom. The summed E-state index contributed by atoms with van der Waals surface area (Å²) in [4.78, 5) is 26.2. The van der Waals surface area contributed by atoms with Crippen molar-refractivity contribution in [2.75, 3.05) is 11.9 Å². The average Bonchev–Trinajstić information content (AvgIpc) is 3.33. The minimum absolute atomic E-state index is 0.00252. The van der Waals surface area contributed by atoms with Gasteiger partial charge in [0.15, 0.2) is 0 Å². The smallest absolute Gasteiger partial charge is 0.228 e. The van der Waals surface area contributed by atoms with Crippen LogP contribution < -0.4 is 5.32 Å². The second-order valence-electron chi connectivity index (χ2n) is 7.11. The van der Waals surface area contributed by atoms with E-state index in [0.29, 0.717) is 18.0 Å². The third-order valence-electron chi connectivity index (χ3n) is 5.14. The Morgan fingerprint density at radius 1 is 1.19 bits per heavy atom. The molecule has 0 aromatic heterocycles. The normalized spacial score (nSPS) is 21.7. The molecule has 0 spiro atoms. The third-order valence-corrected chi connectivity index (χ3v) is 5.38. The molecule has 2 aromatic rings. The molecule has 1 aliphatic heterocycles. The summed E-state index contributed by atoms with van der Waals surface area (Å²) in [6.45, 7) is 1.43. The first-order chi connectivity index (χ1) is 12.6. The van der Waals surface area contributed by atoms with Crippen LogP contribution in [0.3, 0.4) is 0 Å². The zero-order valence-electron chi connectivity index (χ0n) is 14.5. The molecule has 2 fully saturated rings. The molecule has 2 atom stereocenters. The zero-order chi connectivity index (χ0) is 18.1. The van der Waals surface area contributed by atoms with Gasteiger partial charge in [-0.1, -0.05) is 35.9 Å². The molecule has 0 radical (unpaired) electrons. The summed E-state index contributed by atoms with van der Waals surface area (Å²) in [7, 11) is 0. The zero-order valence-corrected chi connectivity index (χ0v) is 15.2. The van der Waals surface area contributed by atoms with Crippen LogP contribution in [0.25, 0.3) is 0 Å². The molecule has 4 nitrogen and oxygen atoms in total. The largest absolute Gasteiger partial charge is 0.338 e. The van der Waals surface area contributed by atoms with Gasteiger partial charge in [-0.25, -0.2) is 0 Å². The van der Waals surface area contributed by atoms with Crippen LogP contribution in [0.4, 0.5) is 5.69 Å². The predicted octanol–water partition coefficient (Wildman–Crippen LogP) is 4.20. The number of benzene rings is 2. The van der Waals surface area contributed by atoms with Crippen molar-refractivity contribution in [3.8, 4) is 0 Å². The van der Waals surface area contributed by atoms with Crippen molar-refractivity contribution in [1.29, 1.82) is 0 Å². The van der Waals surface area contributed by atoms with Crippen LogP contribution in [0, 0.1) is 5.92 Å². The molecule has 1 heterocycles. The van der Waals surface area contributed by atoms with Gasteiger partial charge in [0.05, 0.1) is 0 Å². The molecule has 4 rings (SSSR count). The summed E-state index contributed by atoms with van der Waals surface area (Å²) >= 11 is 6.04. The Labute approximate surface area is 158 Å². The number of carbonyl (C=O) groups excluding carboxylic acids is 2. The Morgan fingerprint density at radius 3 is 2.81 bits per heavy atom. The highest BCUT2D eigenvalue weighted by molar-refractivity contribution is 6.30. The fourth-order valence-corrected chi connectivity index (χ4v) is 3.86. The first-order valence-corrected chi connectivity index (χ1v) is 9.41. The fraction of sp³-hybridized carbons (Fsp3) is 0.333. The van der Waals surface area contributed by atoms with E-state index in [1.165, 1.54) is 0 Å². The van der Waals surface area contributed by atoms with E-state index in [1.54, 1.807) is 0 Å². The Bertz CT molecular complexity index is 851. The molecule has 1 saturated heterocycles. The number of halogens is 1. The van der Waals surface area contributed by atoms with Crippen molar-refractivity contribution in [2.45, 2.75) is 31.7 Å². The number of likely N-dealkylation sites (tertiary alicyclic amines) is 1. The van der Waals surface area contributed by atoms with Crippen LogP contribution in [0.2, 0.25) is 5.02 Å². The lowest BCUT2D eigenvalue weighted by Crippen LogP contribution is -2.23. The van der Waals surface area contributed by atoms with E-state index in [-0.39, 0.29) is 23.7 Å². The molecule has 1 aliphatic carbocycles. The van der Waals surface area contributed by atoms with E-state index in [2.05, 4.69) is 5.32 Å². The molecular formula is C21H21ClN2O2. The molecule has 1 saturated carbocycles. The molecule has 5 heteroatoms. The molecule has 134 valence electrons. The van der Waals surface area contributed by atoms with Gasteiger partial charge < -0.3 is 10.2 Å². The van der Waals surface area contributed by atoms with Gasteiger partial charge in [-0.2, -0.15) is 0 Å². The highest BCUT2D eigenvalue weighted by Gasteiger charge is 2.44. The van der Waals surface area contributed by atoms with Crippen molar-refractivity contribution >= 4 is 29.1 Å². The molecule has 2 aromatic carbocycles. The fourth-order valence-electron chi connectivity index (χ4n) is 3.66. The SMILES string of the molecule is O=C(Nc1cccc(CN2CCCC2=O)c1)C1CC1c1cccc(Cl)c1. The summed E-state index contributed by atoms with van der Waals surface area (Å²) in [5.41, 5.74) is 2.95. The van der Waals surface area contributed by atoms with E-state index < -0.39 is 0 Å².